The lowest BCUT2D eigenvalue weighted by atomic mass is 10.2. The first-order chi connectivity index (χ1) is 15.7. The fraction of sp³-hybridized carbons (Fsp3) is 0.0435. The number of halogens is 2. The van der Waals surface area contributed by atoms with E-state index in [4.69, 9.17) is 23.2 Å². The average molecular weight is 518 g/mol. The number of aromatic nitrogens is 1. The standard InChI is InChI=1S/C23H17Cl2N3O3S2/c1-14-5-8-18(9-6-14)33(30,31)28-17-4-2-3-15(11-17)22(29)27-23-26-21(13-32-23)19-12-16(24)7-10-20(19)25/h2-13,28H,1H3,(H,26,27,29). The van der Waals surface area contributed by atoms with Gasteiger partial charge in [0.1, 0.15) is 0 Å². The van der Waals surface area contributed by atoms with Crippen molar-refractivity contribution in [3.05, 3.63) is 93.3 Å². The number of anilines is 2. The van der Waals surface area contributed by atoms with Gasteiger partial charge in [-0.2, -0.15) is 0 Å². The molecule has 2 N–H and O–H groups in total. The van der Waals surface area contributed by atoms with Crippen molar-refractivity contribution in [1.82, 2.24) is 4.98 Å². The summed E-state index contributed by atoms with van der Waals surface area (Å²) in [5, 5.41) is 5.88. The molecule has 4 rings (SSSR count). The average Bonchev–Trinajstić information content (AvgIpc) is 3.24. The van der Waals surface area contributed by atoms with E-state index in [1.165, 1.54) is 29.5 Å². The topological polar surface area (TPSA) is 88.2 Å². The Kier molecular flexibility index (Phi) is 6.71. The molecule has 0 saturated heterocycles. The molecule has 0 saturated carbocycles. The SMILES string of the molecule is Cc1ccc(S(=O)(=O)Nc2cccc(C(=O)Nc3nc(-c4cc(Cl)ccc4Cl)cs3)c2)cc1. The summed E-state index contributed by atoms with van der Waals surface area (Å²) < 4.78 is 27.8. The molecule has 0 unspecified atom stereocenters. The molecular formula is C23H17Cl2N3O3S2. The first-order valence-electron chi connectivity index (χ1n) is 9.63. The molecule has 4 aromatic rings. The zero-order chi connectivity index (χ0) is 23.6. The highest BCUT2D eigenvalue weighted by atomic mass is 35.5. The van der Waals surface area contributed by atoms with Crippen molar-refractivity contribution in [3.8, 4) is 11.3 Å². The van der Waals surface area contributed by atoms with E-state index in [1.54, 1.807) is 53.9 Å². The van der Waals surface area contributed by atoms with Crippen LogP contribution in [0.15, 0.2) is 77.0 Å². The molecule has 168 valence electrons. The van der Waals surface area contributed by atoms with Crippen molar-refractivity contribution in [2.75, 3.05) is 10.0 Å². The van der Waals surface area contributed by atoms with Gasteiger partial charge in [0.25, 0.3) is 15.9 Å². The predicted octanol–water partition coefficient (Wildman–Crippen LogP) is 6.48. The molecule has 6 nitrogen and oxygen atoms in total. The minimum absolute atomic E-state index is 0.137. The maximum Gasteiger partial charge on any atom is 0.261 e. The van der Waals surface area contributed by atoms with Crippen LogP contribution in [0.1, 0.15) is 15.9 Å². The second-order valence-electron chi connectivity index (χ2n) is 7.12. The summed E-state index contributed by atoms with van der Waals surface area (Å²) in [6.45, 7) is 1.88. The minimum atomic E-state index is -3.78. The van der Waals surface area contributed by atoms with Gasteiger partial charge in [-0.15, -0.1) is 11.3 Å². The van der Waals surface area contributed by atoms with Crippen LogP contribution < -0.4 is 10.0 Å². The third-order valence-electron chi connectivity index (χ3n) is 4.64. The number of benzene rings is 3. The molecule has 0 atom stereocenters. The summed E-state index contributed by atoms with van der Waals surface area (Å²) in [5.74, 6) is -0.426. The maximum absolute atomic E-state index is 12.7. The molecule has 33 heavy (non-hydrogen) atoms. The number of amides is 1. The van der Waals surface area contributed by atoms with Crippen LogP contribution in [0.4, 0.5) is 10.8 Å². The Morgan fingerprint density at radius 2 is 1.76 bits per heavy atom. The summed E-state index contributed by atoms with van der Waals surface area (Å²) in [5.41, 5.74) is 2.75. The van der Waals surface area contributed by atoms with Crippen LogP contribution in [0.2, 0.25) is 10.0 Å². The monoisotopic (exact) mass is 517 g/mol. The van der Waals surface area contributed by atoms with Gasteiger partial charge in [0, 0.05) is 27.2 Å². The maximum atomic E-state index is 12.7. The fourth-order valence-electron chi connectivity index (χ4n) is 2.97. The van der Waals surface area contributed by atoms with Crippen molar-refractivity contribution < 1.29 is 13.2 Å². The Morgan fingerprint density at radius 1 is 1.00 bits per heavy atom. The van der Waals surface area contributed by atoms with E-state index in [-0.39, 0.29) is 16.1 Å². The highest BCUT2D eigenvalue weighted by Gasteiger charge is 2.16. The van der Waals surface area contributed by atoms with Gasteiger partial charge in [0.15, 0.2) is 5.13 Å². The Bertz CT molecular complexity index is 1440. The van der Waals surface area contributed by atoms with E-state index in [1.807, 2.05) is 6.92 Å². The van der Waals surface area contributed by atoms with Crippen molar-refractivity contribution in [1.29, 1.82) is 0 Å². The van der Waals surface area contributed by atoms with Gasteiger partial charge in [-0.1, -0.05) is 47.0 Å². The highest BCUT2D eigenvalue weighted by Crippen LogP contribution is 2.32. The Balaban J connectivity index is 1.50. The zero-order valence-electron chi connectivity index (χ0n) is 17.2. The third-order valence-corrected chi connectivity index (χ3v) is 7.36. The predicted molar refractivity (Wildman–Crippen MR) is 134 cm³/mol. The van der Waals surface area contributed by atoms with Crippen LogP contribution in [-0.2, 0) is 10.0 Å². The number of carbonyl (C=O) groups is 1. The smallest absolute Gasteiger partial charge is 0.261 e. The molecule has 1 amide bonds. The molecule has 10 heteroatoms. The molecule has 0 aliphatic heterocycles. The van der Waals surface area contributed by atoms with Crippen LogP contribution in [-0.4, -0.2) is 19.3 Å². The van der Waals surface area contributed by atoms with E-state index >= 15 is 0 Å². The number of thiazole rings is 1. The van der Waals surface area contributed by atoms with E-state index in [0.717, 1.165) is 5.56 Å². The summed E-state index contributed by atoms with van der Waals surface area (Å²) in [6.07, 6.45) is 0. The van der Waals surface area contributed by atoms with Gasteiger partial charge < -0.3 is 0 Å². The number of nitrogens with one attached hydrogen (secondary N) is 2. The minimum Gasteiger partial charge on any atom is -0.298 e. The normalized spacial score (nSPS) is 11.2. The van der Waals surface area contributed by atoms with E-state index in [2.05, 4.69) is 15.0 Å². The number of nitrogens with zero attached hydrogens (tertiary/aromatic N) is 1. The van der Waals surface area contributed by atoms with Gasteiger partial charge in [0.2, 0.25) is 0 Å². The quantitative estimate of drug-likeness (QED) is 0.306. The molecule has 0 aliphatic rings. The summed E-state index contributed by atoms with van der Waals surface area (Å²) in [6, 6.07) is 17.8. The largest absolute Gasteiger partial charge is 0.298 e. The van der Waals surface area contributed by atoms with E-state index in [9.17, 15) is 13.2 Å². The van der Waals surface area contributed by atoms with Crippen molar-refractivity contribution >= 4 is 61.3 Å². The number of rotatable bonds is 6. The molecular weight excluding hydrogens is 501 g/mol. The number of carbonyl (C=O) groups excluding carboxylic acids is 1. The second-order valence-corrected chi connectivity index (χ2v) is 10.5. The fourth-order valence-corrected chi connectivity index (χ4v) is 5.11. The van der Waals surface area contributed by atoms with Gasteiger partial charge in [0.05, 0.1) is 15.6 Å². The van der Waals surface area contributed by atoms with Crippen molar-refractivity contribution in [2.45, 2.75) is 11.8 Å². The van der Waals surface area contributed by atoms with Gasteiger partial charge in [-0.3, -0.25) is 14.8 Å². The Morgan fingerprint density at radius 3 is 2.52 bits per heavy atom. The number of hydrogen-bond donors (Lipinski definition) is 2. The number of hydrogen-bond acceptors (Lipinski definition) is 5. The molecule has 1 heterocycles. The van der Waals surface area contributed by atoms with Crippen LogP contribution >= 0.6 is 34.5 Å². The summed E-state index contributed by atoms with van der Waals surface area (Å²) >= 11 is 13.5. The number of sulfonamides is 1. The van der Waals surface area contributed by atoms with Crippen LogP contribution in [0.5, 0.6) is 0 Å². The molecule has 0 aliphatic carbocycles. The molecule has 1 aromatic heterocycles. The van der Waals surface area contributed by atoms with E-state index in [0.29, 0.717) is 26.4 Å². The molecule has 0 bridgehead atoms. The van der Waals surface area contributed by atoms with Crippen LogP contribution in [0.3, 0.4) is 0 Å². The molecule has 3 aromatic carbocycles. The molecule has 0 spiro atoms. The highest BCUT2D eigenvalue weighted by molar-refractivity contribution is 7.92. The van der Waals surface area contributed by atoms with Gasteiger partial charge in [-0.05, 0) is 55.5 Å². The van der Waals surface area contributed by atoms with Crippen LogP contribution in [0.25, 0.3) is 11.3 Å². The lowest BCUT2D eigenvalue weighted by Crippen LogP contribution is -2.15. The number of aryl methyl sites for hydroxylation is 1. The van der Waals surface area contributed by atoms with Gasteiger partial charge >= 0.3 is 0 Å². The Labute approximate surface area is 205 Å². The Hall–Kier alpha value is -2.91. The summed E-state index contributed by atoms with van der Waals surface area (Å²) in [7, 11) is -3.78. The summed E-state index contributed by atoms with van der Waals surface area (Å²) in [4.78, 5) is 17.3. The lowest BCUT2D eigenvalue weighted by Gasteiger charge is -2.10. The second kappa shape index (κ2) is 9.52. The van der Waals surface area contributed by atoms with Crippen molar-refractivity contribution in [2.24, 2.45) is 0 Å². The first kappa shape index (κ1) is 23.3. The first-order valence-corrected chi connectivity index (χ1v) is 12.7. The molecule has 0 radical (unpaired) electrons. The van der Waals surface area contributed by atoms with Crippen molar-refractivity contribution in [3.63, 3.8) is 0 Å². The van der Waals surface area contributed by atoms with Crippen LogP contribution in [0, 0.1) is 6.92 Å². The lowest BCUT2D eigenvalue weighted by molar-refractivity contribution is 0.102. The van der Waals surface area contributed by atoms with Gasteiger partial charge in [-0.25, -0.2) is 13.4 Å². The zero-order valence-corrected chi connectivity index (χ0v) is 20.3. The molecule has 0 fully saturated rings. The third kappa shape index (κ3) is 5.54. The van der Waals surface area contributed by atoms with E-state index < -0.39 is 15.9 Å².